The van der Waals surface area contributed by atoms with Crippen LogP contribution < -0.4 is 0 Å². The predicted molar refractivity (Wildman–Crippen MR) is 89.6 cm³/mol. The van der Waals surface area contributed by atoms with E-state index in [0.717, 1.165) is 0 Å². The summed E-state index contributed by atoms with van der Waals surface area (Å²) in [7, 11) is 0. The second kappa shape index (κ2) is 8.00. The summed E-state index contributed by atoms with van der Waals surface area (Å²) in [6, 6.07) is 9.16. The van der Waals surface area contributed by atoms with E-state index in [1.807, 2.05) is 0 Å². The third-order valence-corrected chi connectivity index (χ3v) is 5.23. The Hall–Kier alpha value is -0.591. The van der Waals surface area contributed by atoms with Gasteiger partial charge in [0.05, 0.1) is 0 Å². The van der Waals surface area contributed by atoms with Crippen molar-refractivity contribution in [1.82, 2.24) is 4.90 Å². The van der Waals surface area contributed by atoms with Crippen molar-refractivity contribution in [1.29, 1.82) is 0 Å². The van der Waals surface area contributed by atoms with E-state index in [4.69, 9.17) is 0 Å². The molecule has 0 saturated carbocycles. The molecule has 1 aromatic carbocycles. The number of likely N-dealkylation sites (tertiary alicyclic amines) is 1. The summed E-state index contributed by atoms with van der Waals surface area (Å²) in [4.78, 5) is 2.55. The minimum absolute atomic E-state index is 0.674. The molecule has 2 rings (SSSR count). The molecule has 0 N–H and O–H groups in total. The molecular formula is C18H27NSe. The number of aryl methyl sites for hydroxylation is 1. The summed E-state index contributed by atoms with van der Waals surface area (Å²) < 4.78 is 1.48. The van der Waals surface area contributed by atoms with Gasteiger partial charge >= 0.3 is 132 Å². The van der Waals surface area contributed by atoms with E-state index >= 15 is 0 Å². The molecule has 1 saturated heterocycles. The average molecular weight is 336 g/mol. The number of rotatable bonds is 7. The van der Waals surface area contributed by atoms with Gasteiger partial charge in [0.1, 0.15) is 0 Å². The van der Waals surface area contributed by atoms with E-state index in [9.17, 15) is 0 Å². The van der Waals surface area contributed by atoms with E-state index in [-0.39, 0.29) is 0 Å². The molecule has 1 atom stereocenters. The summed E-state index contributed by atoms with van der Waals surface area (Å²) >= 11 is 3.35. The normalized spacial score (nSPS) is 16.4. The molecular weight excluding hydrogens is 309 g/mol. The quantitative estimate of drug-likeness (QED) is 0.679. The molecule has 1 nitrogen and oxygen atoms in total. The van der Waals surface area contributed by atoms with Gasteiger partial charge in [-0.1, -0.05) is 0 Å². The Balaban J connectivity index is 2.02. The fourth-order valence-corrected chi connectivity index (χ4v) is 3.79. The molecule has 1 unspecified atom stereocenters. The second-order valence-corrected chi connectivity index (χ2v) is 7.03. The van der Waals surface area contributed by atoms with Gasteiger partial charge in [0, 0.05) is 0 Å². The van der Waals surface area contributed by atoms with Gasteiger partial charge in [0.25, 0.3) is 0 Å². The van der Waals surface area contributed by atoms with E-state index < -0.39 is 0 Å². The standard InChI is InChI=1S/C18H27NSe/c1-3-4-7-17(16-10-8-15(2)9-11-16)14-18(20)19-12-5-6-13-19/h8-11,17H,3-7,12-14H2,1-2H3. The molecule has 110 valence electrons. The van der Waals surface area contributed by atoms with Crippen LogP contribution in [-0.2, 0) is 0 Å². The van der Waals surface area contributed by atoms with Gasteiger partial charge in [-0.2, -0.15) is 0 Å². The number of nitrogens with zero attached hydrogens (tertiary/aromatic N) is 1. The Bertz CT molecular complexity index is 418. The zero-order valence-corrected chi connectivity index (χ0v) is 14.6. The number of benzene rings is 1. The van der Waals surface area contributed by atoms with Crippen LogP contribution in [0.4, 0.5) is 0 Å². The summed E-state index contributed by atoms with van der Waals surface area (Å²) in [6.07, 6.45) is 7.81. The summed E-state index contributed by atoms with van der Waals surface area (Å²) in [5.41, 5.74) is 2.87. The summed E-state index contributed by atoms with van der Waals surface area (Å²) in [6.45, 7) is 6.95. The number of hydrogen-bond donors (Lipinski definition) is 0. The van der Waals surface area contributed by atoms with E-state index in [2.05, 4.69) is 58.6 Å². The van der Waals surface area contributed by atoms with Crippen LogP contribution in [0.2, 0.25) is 0 Å². The minimum atomic E-state index is 0.674. The fraction of sp³-hybridized carbons (Fsp3) is 0.611. The van der Waals surface area contributed by atoms with Crippen molar-refractivity contribution < 1.29 is 0 Å². The first-order valence-electron chi connectivity index (χ1n) is 8.05. The van der Waals surface area contributed by atoms with Gasteiger partial charge in [0.2, 0.25) is 0 Å². The van der Waals surface area contributed by atoms with Crippen LogP contribution in [-0.4, -0.2) is 38.1 Å². The number of unbranched alkanes of at least 4 members (excludes halogenated alkanes) is 1. The maximum absolute atomic E-state index is 3.35. The van der Waals surface area contributed by atoms with Gasteiger partial charge in [-0.25, -0.2) is 0 Å². The third kappa shape index (κ3) is 4.46. The van der Waals surface area contributed by atoms with Gasteiger partial charge < -0.3 is 0 Å². The molecule has 1 fully saturated rings. The first kappa shape index (κ1) is 15.8. The van der Waals surface area contributed by atoms with Crippen molar-refractivity contribution in [3.63, 3.8) is 0 Å². The molecule has 0 amide bonds. The van der Waals surface area contributed by atoms with Gasteiger partial charge in [-0.3, -0.25) is 0 Å². The van der Waals surface area contributed by atoms with Gasteiger partial charge in [0.15, 0.2) is 0 Å². The van der Waals surface area contributed by atoms with Crippen LogP contribution in [0, 0.1) is 6.92 Å². The Morgan fingerprint density at radius 3 is 2.45 bits per heavy atom. The van der Waals surface area contributed by atoms with Crippen molar-refractivity contribution in [2.24, 2.45) is 0 Å². The second-order valence-electron chi connectivity index (χ2n) is 6.04. The third-order valence-electron chi connectivity index (χ3n) is 4.33. The Labute approximate surface area is 132 Å². The SMILES string of the molecule is CCCCC(CC(=[Se])N1CCCC1)c1ccc(C)cc1. The van der Waals surface area contributed by atoms with E-state index in [0.29, 0.717) is 5.92 Å². The molecule has 1 aromatic rings. The maximum atomic E-state index is 3.35. The monoisotopic (exact) mass is 337 g/mol. The van der Waals surface area contributed by atoms with Gasteiger partial charge in [-0.15, -0.1) is 0 Å². The molecule has 0 aliphatic carbocycles. The summed E-state index contributed by atoms with van der Waals surface area (Å²) in [5.74, 6) is 0.674. The van der Waals surface area contributed by atoms with Crippen molar-refractivity contribution in [3.8, 4) is 0 Å². The van der Waals surface area contributed by atoms with Crippen molar-refractivity contribution in [3.05, 3.63) is 35.4 Å². The summed E-state index contributed by atoms with van der Waals surface area (Å²) in [5, 5.41) is 0. The first-order valence-corrected chi connectivity index (χ1v) is 8.90. The molecule has 0 radical (unpaired) electrons. The Kier molecular flexibility index (Phi) is 6.32. The number of hydrogen-bond acceptors (Lipinski definition) is 1. The van der Waals surface area contributed by atoms with Crippen LogP contribution in [0.15, 0.2) is 24.3 Å². The zero-order chi connectivity index (χ0) is 14.4. The van der Waals surface area contributed by atoms with E-state index in [1.165, 1.54) is 67.3 Å². The molecule has 1 heterocycles. The van der Waals surface area contributed by atoms with Crippen LogP contribution in [0.3, 0.4) is 0 Å². The van der Waals surface area contributed by atoms with Crippen molar-refractivity contribution >= 4 is 20.1 Å². The molecule has 20 heavy (non-hydrogen) atoms. The Morgan fingerprint density at radius 2 is 1.85 bits per heavy atom. The topological polar surface area (TPSA) is 3.24 Å². The van der Waals surface area contributed by atoms with Crippen LogP contribution in [0.25, 0.3) is 0 Å². The first-order chi connectivity index (χ1) is 9.70. The molecule has 0 bridgehead atoms. The van der Waals surface area contributed by atoms with Crippen molar-refractivity contribution in [2.75, 3.05) is 13.1 Å². The molecule has 1 aliphatic heterocycles. The average Bonchev–Trinajstić information content (AvgIpc) is 2.98. The fourth-order valence-electron chi connectivity index (χ4n) is 2.98. The predicted octanol–water partition coefficient (Wildman–Crippen LogP) is 4.05. The molecule has 1 aliphatic rings. The van der Waals surface area contributed by atoms with Crippen LogP contribution in [0.5, 0.6) is 0 Å². The van der Waals surface area contributed by atoms with Crippen LogP contribution in [0.1, 0.15) is 62.5 Å². The van der Waals surface area contributed by atoms with Gasteiger partial charge in [-0.05, 0) is 0 Å². The van der Waals surface area contributed by atoms with E-state index in [1.54, 1.807) is 0 Å². The Morgan fingerprint density at radius 1 is 1.20 bits per heavy atom. The molecule has 0 spiro atoms. The molecule has 0 aromatic heterocycles. The van der Waals surface area contributed by atoms with Crippen molar-refractivity contribution in [2.45, 2.75) is 58.3 Å². The zero-order valence-electron chi connectivity index (χ0n) is 12.9. The molecule has 2 heteroatoms. The van der Waals surface area contributed by atoms with Crippen LogP contribution >= 0.6 is 0 Å².